The number of rotatable bonds is 8. The Labute approximate surface area is 186 Å². The molecule has 1 fully saturated rings. The van der Waals surface area contributed by atoms with E-state index in [1.807, 2.05) is 45.1 Å². The number of alkyl halides is 1. The van der Waals surface area contributed by atoms with Crippen molar-refractivity contribution in [3.8, 4) is 0 Å². The fourth-order valence-electron chi connectivity index (χ4n) is 4.13. The lowest BCUT2D eigenvalue weighted by Crippen LogP contribution is -2.13. The first-order valence-corrected chi connectivity index (χ1v) is 11.6. The second-order valence-corrected chi connectivity index (χ2v) is 8.75. The zero-order valence-corrected chi connectivity index (χ0v) is 19.2. The number of halogens is 1. The van der Waals surface area contributed by atoms with E-state index in [-0.39, 0.29) is 29.7 Å². The zero-order chi connectivity index (χ0) is 22.6. The molecule has 0 amide bonds. The van der Waals surface area contributed by atoms with E-state index in [1.165, 1.54) is 11.1 Å². The maximum Gasteiger partial charge on any atom is 0.306 e. The summed E-state index contributed by atoms with van der Waals surface area (Å²) in [6, 6.07) is 8.24. The van der Waals surface area contributed by atoms with Crippen LogP contribution in [0.5, 0.6) is 0 Å². The van der Waals surface area contributed by atoms with Crippen molar-refractivity contribution in [3.05, 3.63) is 59.7 Å². The van der Waals surface area contributed by atoms with Crippen LogP contribution in [-0.2, 0) is 27.2 Å². The Bertz CT molecular complexity index is 740. The van der Waals surface area contributed by atoms with Gasteiger partial charge in [-0.1, -0.05) is 42.5 Å². The number of ketones is 1. The molecule has 2 unspecified atom stereocenters. The fourth-order valence-corrected chi connectivity index (χ4v) is 4.13. The summed E-state index contributed by atoms with van der Waals surface area (Å²) in [7, 11) is 0. The first-order valence-electron chi connectivity index (χ1n) is 11.6. The molecular formula is C27H37FO3. The molecule has 1 saturated carbocycles. The molecule has 3 rings (SSSR count). The van der Waals surface area contributed by atoms with E-state index in [0.29, 0.717) is 12.8 Å². The average Bonchev–Trinajstić information content (AvgIpc) is 3.35. The van der Waals surface area contributed by atoms with Crippen LogP contribution in [0.2, 0.25) is 0 Å². The highest BCUT2D eigenvalue weighted by Crippen LogP contribution is 2.30. The van der Waals surface area contributed by atoms with Crippen molar-refractivity contribution in [2.45, 2.75) is 84.4 Å². The topological polar surface area (TPSA) is 43.4 Å². The van der Waals surface area contributed by atoms with Gasteiger partial charge in [-0.2, -0.15) is 0 Å². The normalized spacial score (nSPS) is 20.8. The van der Waals surface area contributed by atoms with Crippen LogP contribution in [0.4, 0.5) is 4.39 Å². The van der Waals surface area contributed by atoms with Gasteiger partial charge in [0, 0.05) is 18.3 Å². The quantitative estimate of drug-likeness (QED) is 0.210. The molecule has 0 aliphatic heterocycles. The zero-order valence-electron chi connectivity index (χ0n) is 19.2. The monoisotopic (exact) mass is 428 g/mol. The SMILES string of the molecule is C/C=C\CCCC(=O)OC(C)C.O=C(/C=C/C1CCCC1F)C1Cc2ccccc2C1. The van der Waals surface area contributed by atoms with Gasteiger partial charge in [-0.15, -0.1) is 0 Å². The van der Waals surface area contributed by atoms with Gasteiger partial charge in [0.15, 0.2) is 5.78 Å². The predicted molar refractivity (Wildman–Crippen MR) is 124 cm³/mol. The average molecular weight is 429 g/mol. The first-order chi connectivity index (χ1) is 14.9. The summed E-state index contributed by atoms with van der Waals surface area (Å²) < 4.78 is 18.4. The summed E-state index contributed by atoms with van der Waals surface area (Å²) in [5.41, 5.74) is 2.58. The molecule has 170 valence electrons. The standard InChI is InChI=1S/C17H19FO.C10H18O2/c18-16-7-3-6-12(16)8-9-17(19)15-10-13-4-1-2-5-14(13)11-15;1-4-5-6-7-8-10(11)12-9(2)3/h1-2,4-5,8-9,12,15-16H,3,6-7,10-11H2;4-5,9H,6-8H2,1-3H3/b9-8+;5-4-. The third kappa shape index (κ3) is 8.80. The van der Waals surface area contributed by atoms with Gasteiger partial charge in [-0.25, -0.2) is 4.39 Å². The Balaban J connectivity index is 0.000000248. The highest BCUT2D eigenvalue weighted by atomic mass is 19.1. The number of fused-ring (bicyclic) bond motifs is 1. The maximum atomic E-state index is 13.5. The highest BCUT2D eigenvalue weighted by Gasteiger charge is 2.27. The Morgan fingerprint density at radius 2 is 1.84 bits per heavy atom. The van der Waals surface area contributed by atoms with E-state index in [2.05, 4.69) is 18.2 Å². The molecule has 31 heavy (non-hydrogen) atoms. The Morgan fingerprint density at radius 3 is 2.39 bits per heavy atom. The third-order valence-corrected chi connectivity index (χ3v) is 5.80. The number of carbonyl (C=O) groups excluding carboxylic acids is 2. The molecule has 2 atom stereocenters. The Morgan fingerprint density at radius 1 is 1.16 bits per heavy atom. The molecule has 0 saturated heterocycles. The van der Waals surface area contributed by atoms with Crippen LogP contribution in [0.1, 0.15) is 70.4 Å². The van der Waals surface area contributed by atoms with Gasteiger partial charge >= 0.3 is 5.97 Å². The number of ether oxygens (including phenoxy) is 1. The molecule has 4 heteroatoms. The van der Waals surface area contributed by atoms with Crippen molar-refractivity contribution in [2.24, 2.45) is 11.8 Å². The summed E-state index contributed by atoms with van der Waals surface area (Å²) in [4.78, 5) is 23.1. The largest absolute Gasteiger partial charge is 0.463 e. The summed E-state index contributed by atoms with van der Waals surface area (Å²) in [6.45, 7) is 5.71. The van der Waals surface area contributed by atoms with Gasteiger partial charge in [-0.05, 0) is 82.9 Å². The molecule has 2 aliphatic rings. The van der Waals surface area contributed by atoms with Crippen LogP contribution in [0.25, 0.3) is 0 Å². The van der Waals surface area contributed by atoms with Crippen molar-refractivity contribution in [1.82, 2.24) is 0 Å². The molecule has 1 aromatic rings. The summed E-state index contributed by atoms with van der Waals surface area (Å²) in [5, 5.41) is 0. The Kier molecular flexibility index (Phi) is 10.7. The van der Waals surface area contributed by atoms with Crippen LogP contribution in [-0.4, -0.2) is 24.0 Å². The first kappa shape index (κ1) is 25.0. The van der Waals surface area contributed by atoms with Crippen molar-refractivity contribution in [2.75, 3.05) is 0 Å². The number of hydrogen-bond acceptors (Lipinski definition) is 3. The predicted octanol–water partition coefficient (Wildman–Crippen LogP) is 6.35. The second kappa shape index (κ2) is 13.2. The highest BCUT2D eigenvalue weighted by molar-refractivity contribution is 5.92. The van der Waals surface area contributed by atoms with E-state index in [1.54, 1.807) is 6.08 Å². The molecule has 0 N–H and O–H groups in total. The van der Waals surface area contributed by atoms with Crippen LogP contribution >= 0.6 is 0 Å². The van der Waals surface area contributed by atoms with E-state index in [9.17, 15) is 14.0 Å². The lowest BCUT2D eigenvalue weighted by atomic mass is 9.98. The summed E-state index contributed by atoms with van der Waals surface area (Å²) in [6.07, 6.45) is 13.3. The lowest BCUT2D eigenvalue weighted by Gasteiger charge is -2.07. The lowest BCUT2D eigenvalue weighted by molar-refractivity contribution is -0.147. The van der Waals surface area contributed by atoms with Crippen molar-refractivity contribution < 1.29 is 18.7 Å². The Hall–Kier alpha value is -2.23. The molecular weight excluding hydrogens is 391 g/mol. The van der Waals surface area contributed by atoms with Crippen molar-refractivity contribution >= 4 is 11.8 Å². The number of benzene rings is 1. The molecule has 0 radical (unpaired) electrons. The van der Waals surface area contributed by atoms with Gasteiger partial charge in [0.05, 0.1) is 6.10 Å². The van der Waals surface area contributed by atoms with Crippen LogP contribution in [0.15, 0.2) is 48.6 Å². The minimum atomic E-state index is -0.746. The molecule has 0 spiro atoms. The van der Waals surface area contributed by atoms with Gasteiger partial charge in [0.25, 0.3) is 0 Å². The van der Waals surface area contributed by atoms with Gasteiger partial charge in [0.1, 0.15) is 6.17 Å². The summed E-state index contributed by atoms with van der Waals surface area (Å²) >= 11 is 0. The second-order valence-electron chi connectivity index (χ2n) is 8.75. The number of hydrogen-bond donors (Lipinski definition) is 0. The van der Waals surface area contributed by atoms with E-state index in [0.717, 1.165) is 38.5 Å². The number of unbranched alkanes of at least 4 members (excludes halogenated alkanes) is 1. The number of carbonyl (C=O) groups is 2. The molecule has 2 aliphatic carbocycles. The maximum absolute atomic E-state index is 13.5. The molecule has 0 bridgehead atoms. The fraction of sp³-hybridized carbons (Fsp3) is 0.556. The van der Waals surface area contributed by atoms with Crippen molar-refractivity contribution in [1.29, 1.82) is 0 Å². The van der Waals surface area contributed by atoms with E-state index < -0.39 is 6.17 Å². The molecule has 0 heterocycles. The molecule has 1 aromatic carbocycles. The van der Waals surface area contributed by atoms with Crippen LogP contribution in [0.3, 0.4) is 0 Å². The number of allylic oxidation sites excluding steroid dienone is 4. The minimum absolute atomic E-state index is 0.0132. The minimum Gasteiger partial charge on any atom is -0.463 e. The van der Waals surface area contributed by atoms with E-state index >= 15 is 0 Å². The van der Waals surface area contributed by atoms with Crippen molar-refractivity contribution in [3.63, 3.8) is 0 Å². The van der Waals surface area contributed by atoms with E-state index in [4.69, 9.17) is 4.74 Å². The summed E-state index contributed by atoms with van der Waals surface area (Å²) in [5.74, 6) is 0.102. The van der Waals surface area contributed by atoms with Crippen LogP contribution < -0.4 is 0 Å². The smallest absolute Gasteiger partial charge is 0.306 e. The molecule has 0 aromatic heterocycles. The molecule has 3 nitrogen and oxygen atoms in total. The van der Waals surface area contributed by atoms with Gasteiger partial charge in [0.2, 0.25) is 0 Å². The number of esters is 1. The third-order valence-electron chi connectivity index (χ3n) is 5.80. The van der Waals surface area contributed by atoms with Crippen LogP contribution in [0, 0.1) is 11.8 Å². The van der Waals surface area contributed by atoms with Gasteiger partial charge < -0.3 is 4.74 Å². The van der Waals surface area contributed by atoms with Gasteiger partial charge in [-0.3, -0.25) is 9.59 Å².